The van der Waals surface area contributed by atoms with E-state index in [-0.39, 0.29) is 18.3 Å². The summed E-state index contributed by atoms with van der Waals surface area (Å²) < 4.78 is 4.61. The molecule has 2 rings (SSSR count). The lowest BCUT2D eigenvalue weighted by Crippen LogP contribution is -2.22. The number of ether oxygens (including phenoxy) is 1. The van der Waals surface area contributed by atoms with Crippen molar-refractivity contribution in [3.05, 3.63) is 24.6 Å². The van der Waals surface area contributed by atoms with Crippen LogP contribution < -0.4 is 0 Å². The Morgan fingerprint density at radius 2 is 1.78 bits per heavy atom. The maximum Gasteiger partial charge on any atom is 0.341 e. The van der Waals surface area contributed by atoms with Crippen molar-refractivity contribution in [1.82, 2.24) is 0 Å². The third kappa shape index (κ3) is 10.3. The average molecular weight is 343 g/mol. The van der Waals surface area contributed by atoms with Crippen molar-refractivity contribution in [3.63, 3.8) is 0 Å². The van der Waals surface area contributed by atoms with E-state index in [0.29, 0.717) is 0 Å². The zero-order valence-electron chi connectivity index (χ0n) is 11.6. The monoisotopic (exact) mass is 342 g/mol. The highest BCUT2D eigenvalue weighted by atomic mass is 35.5. The summed E-state index contributed by atoms with van der Waals surface area (Å²) in [6, 6.07) is 0. The minimum atomic E-state index is -1.23. The number of carbonyl (C=O) groups excluding carboxylic acids is 1. The van der Waals surface area contributed by atoms with Gasteiger partial charge in [-0.15, -0.1) is 27.7 Å². The van der Waals surface area contributed by atoms with E-state index in [4.69, 9.17) is 5.11 Å². The third-order valence-corrected chi connectivity index (χ3v) is 1.59. The van der Waals surface area contributed by atoms with E-state index < -0.39 is 12.1 Å². The molecule has 0 aromatic rings. The van der Waals surface area contributed by atoms with Crippen LogP contribution in [0.5, 0.6) is 0 Å². The molecule has 0 aromatic heterocycles. The number of carbonyl (C=O) groups is 1. The molecule has 0 bridgehead atoms. The molecule has 0 amide bonds. The van der Waals surface area contributed by atoms with Crippen LogP contribution in [0.3, 0.4) is 0 Å². The fourth-order valence-electron chi connectivity index (χ4n) is 0.747. The normalized spacial score (nSPS) is 15.8. The van der Waals surface area contributed by atoms with Gasteiger partial charge in [0.15, 0.2) is 0 Å². The van der Waals surface area contributed by atoms with Crippen LogP contribution in [0.15, 0.2) is 76.3 Å². The van der Waals surface area contributed by atoms with Gasteiger partial charge in [0, 0.05) is 6.08 Å². The summed E-state index contributed by atoms with van der Waals surface area (Å²) in [5, 5.41) is 41.5. The predicted molar refractivity (Wildman–Crippen MR) is 78.7 cm³/mol. The van der Waals surface area contributed by atoms with Crippen LogP contribution in [0, 0.1) is 0 Å². The molecule has 0 saturated heterocycles. The summed E-state index contributed by atoms with van der Waals surface area (Å²) in [7, 11) is 0. The van der Waals surface area contributed by atoms with Crippen molar-refractivity contribution in [2.45, 2.75) is 13.0 Å². The Kier molecular flexibility index (Phi) is 11.0. The molecule has 0 spiro atoms. The Hall–Kier alpha value is -3.06. The van der Waals surface area contributed by atoms with E-state index >= 15 is 0 Å². The molecule has 0 fully saturated rings. The summed E-state index contributed by atoms with van der Waals surface area (Å²) in [4.78, 5) is 10.9. The standard InChI is InChI=1S/C6H7N5O3.C3H3N5.ClH/c1-4(12)6(13)14-5-2-3-7-9-11-10-8-5;1-2-4-6-8-7-5-3-1;/h2-4,12H,1H3;1-3H;1H. The summed E-state index contributed by atoms with van der Waals surface area (Å²) in [6.45, 7) is 1.27. The second kappa shape index (κ2) is 12.7. The number of halogens is 1. The Labute approximate surface area is 135 Å². The molecule has 2 aliphatic rings. The number of hydrogen-bond donors (Lipinski definition) is 1. The topological polar surface area (TPSA) is 170 Å². The molecule has 1 unspecified atom stereocenters. The van der Waals surface area contributed by atoms with Gasteiger partial charge in [0.2, 0.25) is 5.90 Å². The van der Waals surface area contributed by atoms with Crippen LogP contribution in [0.1, 0.15) is 6.92 Å². The first-order chi connectivity index (χ1) is 10.7. The van der Waals surface area contributed by atoms with Gasteiger partial charge in [-0.3, -0.25) is 0 Å². The van der Waals surface area contributed by atoms with E-state index in [0.717, 1.165) is 0 Å². The molecule has 2 aliphatic heterocycles. The minimum Gasteiger partial charge on any atom is -0.404 e. The average Bonchev–Trinajstić information content (AvgIpc) is 2.41. The first-order valence-electron chi connectivity index (χ1n) is 5.62. The van der Waals surface area contributed by atoms with Crippen LogP contribution in [-0.4, -0.2) is 29.3 Å². The van der Waals surface area contributed by atoms with Gasteiger partial charge in [0.05, 0.1) is 18.6 Å². The van der Waals surface area contributed by atoms with Crippen molar-refractivity contribution < 1.29 is 14.6 Å². The molecule has 14 heteroatoms. The van der Waals surface area contributed by atoms with Crippen molar-refractivity contribution in [2.75, 3.05) is 0 Å². The third-order valence-electron chi connectivity index (χ3n) is 1.59. The maximum atomic E-state index is 10.9. The number of allylic oxidation sites excluding steroid dienone is 1. The molecule has 0 saturated carbocycles. The van der Waals surface area contributed by atoms with Gasteiger partial charge in [-0.2, -0.15) is 0 Å². The Morgan fingerprint density at radius 1 is 1.09 bits per heavy atom. The predicted octanol–water partition coefficient (Wildman–Crippen LogP) is 2.31. The highest BCUT2D eigenvalue weighted by molar-refractivity contribution is 5.96. The van der Waals surface area contributed by atoms with Gasteiger partial charge in [0.1, 0.15) is 6.10 Å². The summed E-state index contributed by atoms with van der Waals surface area (Å²) in [6.07, 6.45) is 5.83. The molecule has 1 atom stereocenters. The number of rotatable bonds is 1. The largest absolute Gasteiger partial charge is 0.404 e. The quantitative estimate of drug-likeness (QED) is 0.722. The maximum absolute atomic E-state index is 10.9. The summed E-state index contributed by atoms with van der Waals surface area (Å²) in [5.41, 5.74) is 0. The molecule has 0 aliphatic carbocycles. The van der Waals surface area contributed by atoms with Gasteiger partial charge in [0.25, 0.3) is 0 Å². The smallest absolute Gasteiger partial charge is 0.341 e. The molecule has 23 heavy (non-hydrogen) atoms. The fourth-order valence-corrected chi connectivity index (χ4v) is 0.747. The van der Waals surface area contributed by atoms with Crippen molar-refractivity contribution >= 4 is 30.5 Å². The van der Waals surface area contributed by atoms with Crippen LogP contribution >= 0.6 is 12.4 Å². The number of aliphatic hydroxyl groups is 1. The van der Waals surface area contributed by atoms with Gasteiger partial charge in [-0.25, -0.2) is 4.79 Å². The number of hydrogen-bond acceptors (Lipinski definition) is 13. The summed E-state index contributed by atoms with van der Waals surface area (Å²) in [5.74, 6) is -0.945. The van der Waals surface area contributed by atoms with Gasteiger partial charge in [-0.1, -0.05) is 5.10 Å². The molecule has 0 radical (unpaired) electrons. The molecular formula is C9H11ClN10O3. The molecular weight excluding hydrogens is 332 g/mol. The second-order valence-electron chi connectivity index (χ2n) is 3.22. The van der Waals surface area contributed by atoms with Gasteiger partial charge in [-0.05, 0) is 44.3 Å². The van der Waals surface area contributed by atoms with E-state index in [1.807, 2.05) is 0 Å². The lowest BCUT2D eigenvalue weighted by molar-refractivity contribution is -0.143. The number of nitrogens with zero attached hydrogens (tertiary/aromatic N) is 10. The van der Waals surface area contributed by atoms with Gasteiger partial charge < -0.3 is 9.84 Å². The highest BCUT2D eigenvalue weighted by Gasteiger charge is 2.12. The molecule has 122 valence electrons. The number of aliphatic hydroxyl groups excluding tert-OH is 1. The van der Waals surface area contributed by atoms with E-state index in [2.05, 4.69) is 56.5 Å². The SMILES string of the molecule is C1=CN=NN=NN=C1.CC(O)C(=O)OC1=NN=NN=NC=C1.Cl. The Balaban J connectivity index is 0.000000460. The van der Waals surface area contributed by atoms with E-state index in [1.165, 1.54) is 31.6 Å². The fraction of sp³-hybridized carbons (Fsp3) is 0.222. The summed E-state index contributed by atoms with van der Waals surface area (Å²) >= 11 is 0. The lowest BCUT2D eigenvalue weighted by atomic mass is 10.4. The minimum absolute atomic E-state index is 0. The Bertz CT molecular complexity index is 549. The van der Waals surface area contributed by atoms with E-state index in [9.17, 15) is 4.79 Å². The number of esters is 1. The first kappa shape index (κ1) is 19.9. The van der Waals surface area contributed by atoms with Gasteiger partial charge >= 0.3 is 5.97 Å². The van der Waals surface area contributed by atoms with Crippen LogP contribution in [-0.2, 0) is 9.53 Å². The van der Waals surface area contributed by atoms with Crippen LogP contribution in [0.2, 0.25) is 0 Å². The van der Waals surface area contributed by atoms with Crippen molar-refractivity contribution in [1.29, 1.82) is 0 Å². The first-order valence-corrected chi connectivity index (χ1v) is 5.62. The zero-order chi connectivity index (χ0) is 16.0. The van der Waals surface area contributed by atoms with Crippen LogP contribution in [0.25, 0.3) is 0 Å². The second-order valence-corrected chi connectivity index (χ2v) is 3.22. The highest BCUT2D eigenvalue weighted by Crippen LogP contribution is 1.97. The molecule has 1 N–H and O–H groups in total. The van der Waals surface area contributed by atoms with Crippen molar-refractivity contribution in [2.24, 2.45) is 51.8 Å². The van der Waals surface area contributed by atoms with E-state index in [1.54, 1.807) is 6.08 Å². The lowest BCUT2D eigenvalue weighted by Gasteiger charge is -2.03. The molecule has 0 aromatic carbocycles. The molecule has 13 nitrogen and oxygen atoms in total. The molecule has 2 heterocycles. The zero-order valence-corrected chi connectivity index (χ0v) is 12.4. The van der Waals surface area contributed by atoms with Crippen LogP contribution in [0.4, 0.5) is 0 Å². The van der Waals surface area contributed by atoms with Crippen molar-refractivity contribution in [3.8, 4) is 0 Å². The Morgan fingerprint density at radius 3 is 2.52 bits per heavy atom.